The molecule has 4 amide bonds. The van der Waals surface area contributed by atoms with Crippen molar-refractivity contribution in [3.63, 3.8) is 0 Å². The van der Waals surface area contributed by atoms with E-state index < -0.39 is 35.4 Å². The molecule has 2 N–H and O–H groups in total. The fraction of sp³-hybridized carbons (Fsp3) is 0.480. The molecule has 2 aromatic heterocycles. The summed E-state index contributed by atoms with van der Waals surface area (Å²) in [6.45, 7) is 7.26. The minimum atomic E-state index is -1.51. The van der Waals surface area contributed by atoms with E-state index in [9.17, 15) is 14.4 Å². The van der Waals surface area contributed by atoms with Crippen LogP contribution in [0.15, 0.2) is 30.6 Å². The number of carbonyl (C=O) groups is 3. The van der Waals surface area contributed by atoms with Crippen molar-refractivity contribution in [3.8, 4) is 11.1 Å². The number of imide groups is 2. The number of carbonyl (C=O) groups excluding carboxylic acids is 3. The fourth-order valence-electron chi connectivity index (χ4n) is 6.00. The maximum Gasteiger partial charge on any atom is 0.328 e. The Hall–Kier alpha value is -3.57. The molecule has 6 heterocycles. The lowest BCUT2D eigenvalue weighted by Gasteiger charge is -2.54. The molecular weight excluding hydrogens is 464 g/mol. The second-order valence-electron chi connectivity index (χ2n) is 9.85. The van der Waals surface area contributed by atoms with E-state index in [2.05, 4.69) is 20.5 Å². The number of morpholine rings is 2. The molecule has 0 saturated carbocycles. The predicted molar refractivity (Wildman–Crippen MR) is 129 cm³/mol. The number of anilines is 2. The number of amides is 4. The maximum atomic E-state index is 13.3. The Morgan fingerprint density at radius 1 is 1.00 bits per heavy atom. The molecule has 2 aromatic rings. The minimum absolute atomic E-state index is 0.108. The van der Waals surface area contributed by atoms with Crippen LogP contribution in [0.25, 0.3) is 11.1 Å². The molecule has 3 atom stereocenters. The van der Waals surface area contributed by atoms with Crippen molar-refractivity contribution < 1.29 is 23.9 Å². The van der Waals surface area contributed by atoms with Crippen LogP contribution in [-0.4, -0.2) is 78.9 Å². The summed E-state index contributed by atoms with van der Waals surface area (Å²) in [5.74, 6) is 0.408. The lowest BCUT2D eigenvalue weighted by atomic mass is 9.67. The number of rotatable bonds is 2. The number of fused-ring (bicyclic) bond motifs is 4. The summed E-state index contributed by atoms with van der Waals surface area (Å²) in [6.07, 6.45) is 3.18. The highest BCUT2D eigenvalue weighted by Crippen LogP contribution is 2.46. The van der Waals surface area contributed by atoms with Gasteiger partial charge in [0.2, 0.25) is 11.8 Å². The maximum absolute atomic E-state index is 13.3. The quantitative estimate of drug-likeness (QED) is 0.587. The van der Waals surface area contributed by atoms with Gasteiger partial charge in [0.25, 0.3) is 0 Å². The van der Waals surface area contributed by atoms with E-state index in [-0.39, 0.29) is 12.5 Å². The zero-order valence-electron chi connectivity index (χ0n) is 20.2. The Morgan fingerprint density at radius 2 is 1.72 bits per heavy atom. The third-order valence-electron chi connectivity index (χ3n) is 7.55. The molecule has 3 saturated heterocycles. The van der Waals surface area contributed by atoms with Gasteiger partial charge in [-0.3, -0.25) is 20.2 Å². The molecule has 6 rings (SSSR count). The second-order valence-corrected chi connectivity index (χ2v) is 9.85. The smallest absolute Gasteiger partial charge is 0.328 e. The van der Waals surface area contributed by atoms with E-state index in [1.807, 2.05) is 43.1 Å². The van der Waals surface area contributed by atoms with Crippen LogP contribution in [0.3, 0.4) is 0 Å². The molecule has 11 heteroatoms. The van der Waals surface area contributed by atoms with E-state index >= 15 is 0 Å². The zero-order chi connectivity index (χ0) is 25.0. The highest BCUT2D eigenvalue weighted by Gasteiger charge is 2.63. The molecule has 0 aromatic carbocycles. The number of hydrogen-bond donors (Lipinski definition) is 2. The molecule has 1 spiro atoms. The van der Waals surface area contributed by atoms with Gasteiger partial charge in [0.05, 0.1) is 31.5 Å². The van der Waals surface area contributed by atoms with Crippen LogP contribution in [0.4, 0.5) is 16.4 Å². The number of hydrogen-bond acceptors (Lipinski definition) is 9. The van der Waals surface area contributed by atoms with Gasteiger partial charge in [-0.2, -0.15) is 0 Å². The molecule has 11 nitrogen and oxygen atoms in total. The first-order valence-electron chi connectivity index (χ1n) is 12.2. The standard InChI is InChI=1S/C25H28N6O5/c1-14-13-31-20(15(2)36-14)25(22(32)28-24(34)29-23(25)33)10-17-9-18(12-27-21(17)31)16-3-4-19(26-11-16)30-5-7-35-8-6-30/h3-4,9,11-12,14-15,20H,5-8,10,13H2,1-2H3,(H2,28,29,32,33,34)/t14-,15-,20+/m1/s1. The normalized spacial score (nSPS) is 27.3. The van der Waals surface area contributed by atoms with Crippen molar-refractivity contribution in [1.82, 2.24) is 20.6 Å². The van der Waals surface area contributed by atoms with Gasteiger partial charge in [-0.05, 0) is 37.6 Å². The summed E-state index contributed by atoms with van der Waals surface area (Å²) in [6, 6.07) is 4.55. The minimum Gasteiger partial charge on any atom is -0.378 e. The lowest BCUT2D eigenvalue weighted by molar-refractivity contribution is -0.153. The van der Waals surface area contributed by atoms with Crippen LogP contribution < -0.4 is 20.4 Å². The third-order valence-corrected chi connectivity index (χ3v) is 7.55. The summed E-state index contributed by atoms with van der Waals surface area (Å²) in [5, 5.41) is 4.63. The molecule has 3 fully saturated rings. The van der Waals surface area contributed by atoms with Gasteiger partial charge in [-0.15, -0.1) is 0 Å². The average molecular weight is 493 g/mol. The van der Waals surface area contributed by atoms with Crippen LogP contribution in [0, 0.1) is 5.41 Å². The van der Waals surface area contributed by atoms with Crippen molar-refractivity contribution in [2.45, 2.75) is 38.5 Å². The Kier molecular flexibility index (Phi) is 5.41. The molecule has 36 heavy (non-hydrogen) atoms. The van der Waals surface area contributed by atoms with Crippen molar-refractivity contribution in [2.75, 3.05) is 42.6 Å². The van der Waals surface area contributed by atoms with E-state index in [1.165, 1.54) is 0 Å². The summed E-state index contributed by atoms with van der Waals surface area (Å²) < 4.78 is 11.5. The van der Waals surface area contributed by atoms with Gasteiger partial charge < -0.3 is 19.3 Å². The number of pyridine rings is 2. The van der Waals surface area contributed by atoms with Crippen LogP contribution in [-0.2, 0) is 25.5 Å². The Morgan fingerprint density at radius 3 is 2.42 bits per heavy atom. The highest BCUT2D eigenvalue weighted by molar-refractivity contribution is 6.20. The fourth-order valence-corrected chi connectivity index (χ4v) is 6.00. The number of urea groups is 1. The van der Waals surface area contributed by atoms with E-state index in [1.54, 1.807) is 6.20 Å². The van der Waals surface area contributed by atoms with Crippen molar-refractivity contribution in [3.05, 3.63) is 36.2 Å². The van der Waals surface area contributed by atoms with Gasteiger partial charge in [0, 0.05) is 49.6 Å². The summed E-state index contributed by atoms with van der Waals surface area (Å²) in [7, 11) is 0. The zero-order valence-corrected chi connectivity index (χ0v) is 20.2. The van der Waals surface area contributed by atoms with Crippen LogP contribution >= 0.6 is 0 Å². The van der Waals surface area contributed by atoms with Crippen LogP contribution in [0.2, 0.25) is 0 Å². The molecule has 4 aliphatic heterocycles. The van der Waals surface area contributed by atoms with E-state index in [4.69, 9.17) is 14.5 Å². The van der Waals surface area contributed by atoms with Gasteiger partial charge in [-0.1, -0.05) is 0 Å². The molecule has 188 valence electrons. The van der Waals surface area contributed by atoms with E-state index in [0.717, 1.165) is 41.4 Å². The Balaban J connectivity index is 1.39. The summed E-state index contributed by atoms with van der Waals surface area (Å²) >= 11 is 0. The third kappa shape index (κ3) is 3.53. The Bertz CT molecular complexity index is 1210. The first-order chi connectivity index (χ1) is 17.4. The van der Waals surface area contributed by atoms with Crippen molar-refractivity contribution in [2.24, 2.45) is 5.41 Å². The largest absolute Gasteiger partial charge is 0.378 e. The Labute approximate surface area is 208 Å². The molecule has 0 aliphatic carbocycles. The molecular formula is C25H28N6O5. The first-order valence-corrected chi connectivity index (χ1v) is 12.2. The summed E-state index contributed by atoms with van der Waals surface area (Å²) in [4.78, 5) is 52.1. The topological polar surface area (TPSA) is 126 Å². The van der Waals surface area contributed by atoms with Gasteiger partial charge in [0.1, 0.15) is 11.6 Å². The lowest BCUT2D eigenvalue weighted by Crippen LogP contribution is -2.75. The number of ether oxygens (including phenoxy) is 2. The highest BCUT2D eigenvalue weighted by atomic mass is 16.5. The monoisotopic (exact) mass is 492 g/mol. The SMILES string of the molecule is C[C@@H]1CN2c3ncc(-c4ccc(N5CCOCC5)nc4)cc3CC3(C(=O)NC(=O)NC3=O)[C@@H]2[C@@H](C)O1. The number of nitrogens with zero attached hydrogens (tertiary/aromatic N) is 4. The first kappa shape index (κ1) is 22.9. The molecule has 0 unspecified atom stereocenters. The van der Waals surface area contributed by atoms with Crippen molar-refractivity contribution >= 4 is 29.5 Å². The number of nitrogens with one attached hydrogen (secondary N) is 2. The van der Waals surface area contributed by atoms with Crippen LogP contribution in [0.5, 0.6) is 0 Å². The predicted octanol–water partition coefficient (Wildman–Crippen LogP) is 0.871. The molecule has 4 aliphatic rings. The van der Waals surface area contributed by atoms with E-state index in [0.29, 0.717) is 19.8 Å². The van der Waals surface area contributed by atoms with Gasteiger partial charge in [-0.25, -0.2) is 14.8 Å². The van der Waals surface area contributed by atoms with Crippen molar-refractivity contribution in [1.29, 1.82) is 0 Å². The number of barbiturate groups is 1. The number of aromatic nitrogens is 2. The van der Waals surface area contributed by atoms with Gasteiger partial charge in [0.15, 0.2) is 5.41 Å². The average Bonchev–Trinajstić information content (AvgIpc) is 2.87. The second kappa shape index (κ2) is 8.52. The molecule has 0 radical (unpaired) electrons. The van der Waals surface area contributed by atoms with Crippen LogP contribution in [0.1, 0.15) is 19.4 Å². The summed E-state index contributed by atoms with van der Waals surface area (Å²) in [5.41, 5.74) is 0.974. The van der Waals surface area contributed by atoms with Gasteiger partial charge >= 0.3 is 6.03 Å². The molecule has 0 bridgehead atoms.